The maximum atomic E-state index is 3.88. The highest BCUT2D eigenvalue weighted by atomic mass is 79.9. The van der Waals surface area contributed by atoms with Crippen molar-refractivity contribution in [2.45, 2.75) is 58.5 Å². The van der Waals surface area contributed by atoms with Crippen molar-refractivity contribution in [2.24, 2.45) is 11.8 Å². The summed E-state index contributed by atoms with van der Waals surface area (Å²) in [5, 5.41) is 3.88. The van der Waals surface area contributed by atoms with Crippen molar-refractivity contribution in [3.63, 3.8) is 0 Å². The molecule has 0 radical (unpaired) electrons. The lowest BCUT2D eigenvalue weighted by molar-refractivity contribution is 0.214. The van der Waals surface area contributed by atoms with Crippen LogP contribution in [0.25, 0.3) is 0 Å². The van der Waals surface area contributed by atoms with Gasteiger partial charge in [0.15, 0.2) is 0 Å². The van der Waals surface area contributed by atoms with E-state index in [1.807, 2.05) is 0 Å². The van der Waals surface area contributed by atoms with Crippen molar-refractivity contribution in [3.8, 4) is 0 Å². The van der Waals surface area contributed by atoms with Crippen LogP contribution in [0.3, 0.4) is 0 Å². The standard InChI is InChI=1S/C17H26BrN/c1-4-17(14-6-8-15(18)9-7-14)19-16-10-5-12(2)13(3)11-16/h6-9,12-13,16-17,19H,4-5,10-11H2,1-3H3. The van der Waals surface area contributed by atoms with Crippen molar-refractivity contribution in [1.82, 2.24) is 5.32 Å². The molecule has 0 saturated heterocycles. The molecule has 0 bridgehead atoms. The molecule has 1 saturated carbocycles. The molecule has 0 amide bonds. The minimum absolute atomic E-state index is 0.499. The Kier molecular flexibility index (Phi) is 5.47. The molecule has 1 aliphatic rings. The molecular weight excluding hydrogens is 298 g/mol. The number of nitrogens with one attached hydrogen (secondary N) is 1. The first-order valence-electron chi connectivity index (χ1n) is 7.61. The van der Waals surface area contributed by atoms with Crippen LogP contribution in [-0.4, -0.2) is 6.04 Å². The molecule has 2 heteroatoms. The average molecular weight is 324 g/mol. The van der Waals surface area contributed by atoms with Gasteiger partial charge in [-0.3, -0.25) is 0 Å². The van der Waals surface area contributed by atoms with E-state index in [0.717, 1.165) is 22.7 Å². The summed E-state index contributed by atoms with van der Waals surface area (Å²) in [5.74, 6) is 1.75. The average Bonchev–Trinajstić information content (AvgIpc) is 2.41. The van der Waals surface area contributed by atoms with Gasteiger partial charge >= 0.3 is 0 Å². The zero-order valence-electron chi connectivity index (χ0n) is 12.3. The van der Waals surface area contributed by atoms with E-state index >= 15 is 0 Å². The maximum absolute atomic E-state index is 3.88. The second kappa shape index (κ2) is 6.90. The fourth-order valence-corrected chi connectivity index (χ4v) is 3.39. The molecule has 106 valence electrons. The number of rotatable bonds is 4. The molecular formula is C17H26BrN. The van der Waals surface area contributed by atoms with Crippen molar-refractivity contribution in [2.75, 3.05) is 0 Å². The minimum atomic E-state index is 0.499. The van der Waals surface area contributed by atoms with Gasteiger partial charge in [-0.1, -0.05) is 48.8 Å². The summed E-state index contributed by atoms with van der Waals surface area (Å²) in [4.78, 5) is 0. The van der Waals surface area contributed by atoms with Gasteiger partial charge in [0.25, 0.3) is 0 Å². The highest BCUT2D eigenvalue weighted by Gasteiger charge is 2.26. The van der Waals surface area contributed by atoms with Gasteiger partial charge in [0, 0.05) is 16.6 Å². The normalized spacial score (nSPS) is 29.2. The van der Waals surface area contributed by atoms with Crippen LogP contribution in [0.2, 0.25) is 0 Å². The second-order valence-electron chi connectivity index (χ2n) is 6.14. The first kappa shape index (κ1) is 15.1. The lowest BCUT2D eigenvalue weighted by Crippen LogP contribution is -2.38. The Labute approximate surface area is 126 Å². The van der Waals surface area contributed by atoms with E-state index in [2.05, 4.69) is 66.3 Å². The Morgan fingerprint density at radius 1 is 1.16 bits per heavy atom. The van der Waals surface area contributed by atoms with Gasteiger partial charge in [0.05, 0.1) is 0 Å². The van der Waals surface area contributed by atoms with E-state index in [9.17, 15) is 0 Å². The number of benzene rings is 1. The topological polar surface area (TPSA) is 12.0 Å². The number of hydrogen-bond donors (Lipinski definition) is 1. The lowest BCUT2D eigenvalue weighted by Gasteiger charge is -2.35. The van der Waals surface area contributed by atoms with Crippen molar-refractivity contribution < 1.29 is 0 Å². The van der Waals surface area contributed by atoms with Crippen molar-refractivity contribution >= 4 is 15.9 Å². The van der Waals surface area contributed by atoms with Crippen LogP contribution >= 0.6 is 15.9 Å². The molecule has 2 rings (SSSR count). The largest absolute Gasteiger partial charge is 0.307 e. The van der Waals surface area contributed by atoms with Crippen LogP contribution in [0.4, 0.5) is 0 Å². The quantitative estimate of drug-likeness (QED) is 0.791. The van der Waals surface area contributed by atoms with Crippen LogP contribution in [0.1, 0.15) is 58.1 Å². The predicted molar refractivity (Wildman–Crippen MR) is 86.3 cm³/mol. The van der Waals surface area contributed by atoms with E-state index in [0.29, 0.717) is 12.1 Å². The molecule has 1 nitrogen and oxygen atoms in total. The Morgan fingerprint density at radius 3 is 2.42 bits per heavy atom. The lowest BCUT2D eigenvalue weighted by atomic mass is 9.79. The van der Waals surface area contributed by atoms with Crippen LogP contribution < -0.4 is 5.32 Å². The molecule has 0 heterocycles. The van der Waals surface area contributed by atoms with Crippen LogP contribution in [0.15, 0.2) is 28.7 Å². The molecule has 19 heavy (non-hydrogen) atoms. The Balaban J connectivity index is 1.97. The molecule has 0 spiro atoms. The Morgan fingerprint density at radius 2 is 1.84 bits per heavy atom. The Hall–Kier alpha value is -0.340. The third-order valence-electron chi connectivity index (χ3n) is 4.72. The number of halogens is 1. The fourth-order valence-electron chi connectivity index (χ4n) is 3.13. The predicted octanol–water partition coefficient (Wildman–Crippen LogP) is 5.31. The summed E-state index contributed by atoms with van der Waals surface area (Å²) >= 11 is 3.51. The molecule has 4 unspecified atom stereocenters. The van der Waals surface area contributed by atoms with Crippen LogP contribution in [0.5, 0.6) is 0 Å². The van der Waals surface area contributed by atoms with Gasteiger partial charge in [-0.2, -0.15) is 0 Å². The van der Waals surface area contributed by atoms with Crippen LogP contribution in [0, 0.1) is 11.8 Å². The summed E-state index contributed by atoms with van der Waals surface area (Å²) < 4.78 is 1.16. The van der Waals surface area contributed by atoms with E-state index in [4.69, 9.17) is 0 Å². The molecule has 1 N–H and O–H groups in total. The highest BCUT2D eigenvalue weighted by Crippen LogP contribution is 2.31. The third kappa shape index (κ3) is 4.06. The summed E-state index contributed by atoms with van der Waals surface area (Å²) in [6.07, 6.45) is 5.18. The first-order chi connectivity index (χ1) is 9.10. The SMILES string of the molecule is CCC(NC1CCC(C)C(C)C1)c1ccc(Br)cc1. The van der Waals surface area contributed by atoms with Gasteiger partial charge in [-0.05, 0) is 55.2 Å². The zero-order valence-corrected chi connectivity index (χ0v) is 13.9. The van der Waals surface area contributed by atoms with E-state index < -0.39 is 0 Å². The molecule has 1 aromatic carbocycles. The molecule has 1 aliphatic carbocycles. The maximum Gasteiger partial charge on any atom is 0.0320 e. The van der Waals surface area contributed by atoms with Gasteiger partial charge in [0.2, 0.25) is 0 Å². The highest BCUT2D eigenvalue weighted by molar-refractivity contribution is 9.10. The van der Waals surface area contributed by atoms with Crippen LogP contribution in [-0.2, 0) is 0 Å². The second-order valence-corrected chi connectivity index (χ2v) is 7.06. The summed E-state index contributed by atoms with van der Waals surface area (Å²) in [6, 6.07) is 9.95. The first-order valence-corrected chi connectivity index (χ1v) is 8.41. The van der Waals surface area contributed by atoms with E-state index in [1.165, 1.54) is 24.8 Å². The smallest absolute Gasteiger partial charge is 0.0320 e. The van der Waals surface area contributed by atoms with Gasteiger partial charge < -0.3 is 5.32 Å². The molecule has 4 atom stereocenters. The molecule has 0 aromatic heterocycles. The summed E-state index contributed by atoms with van der Waals surface area (Å²) in [7, 11) is 0. The minimum Gasteiger partial charge on any atom is -0.307 e. The van der Waals surface area contributed by atoms with Crippen molar-refractivity contribution in [3.05, 3.63) is 34.3 Å². The monoisotopic (exact) mass is 323 g/mol. The van der Waals surface area contributed by atoms with Gasteiger partial charge in [-0.25, -0.2) is 0 Å². The third-order valence-corrected chi connectivity index (χ3v) is 5.24. The molecule has 1 aromatic rings. The van der Waals surface area contributed by atoms with Gasteiger partial charge in [-0.15, -0.1) is 0 Å². The summed E-state index contributed by atoms with van der Waals surface area (Å²) in [5.41, 5.74) is 1.41. The van der Waals surface area contributed by atoms with Crippen molar-refractivity contribution in [1.29, 1.82) is 0 Å². The van der Waals surface area contributed by atoms with E-state index in [-0.39, 0.29) is 0 Å². The number of hydrogen-bond acceptors (Lipinski definition) is 1. The zero-order chi connectivity index (χ0) is 13.8. The molecule has 0 aliphatic heterocycles. The van der Waals surface area contributed by atoms with Gasteiger partial charge in [0.1, 0.15) is 0 Å². The Bertz CT molecular complexity index is 387. The van der Waals surface area contributed by atoms with E-state index in [1.54, 1.807) is 0 Å². The fraction of sp³-hybridized carbons (Fsp3) is 0.647. The molecule has 1 fully saturated rings. The summed E-state index contributed by atoms with van der Waals surface area (Å²) in [6.45, 7) is 7.07.